The van der Waals surface area contributed by atoms with Crippen LogP contribution >= 0.6 is 0 Å². The van der Waals surface area contributed by atoms with E-state index in [4.69, 9.17) is 5.11 Å². The van der Waals surface area contributed by atoms with E-state index >= 15 is 0 Å². The Morgan fingerprint density at radius 1 is 1.19 bits per heavy atom. The molecule has 26 heavy (non-hydrogen) atoms. The van der Waals surface area contributed by atoms with Crippen LogP contribution in [0.4, 0.5) is 0 Å². The van der Waals surface area contributed by atoms with Crippen LogP contribution in [0.5, 0.6) is 0 Å². The van der Waals surface area contributed by atoms with E-state index in [0.717, 1.165) is 25.8 Å². The molecule has 2 N–H and O–H groups in total. The van der Waals surface area contributed by atoms with E-state index in [-0.39, 0.29) is 30.5 Å². The molecule has 0 spiro atoms. The summed E-state index contributed by atoms with van der Waals surface area (Å²) >= 11 is 0. The van der Waals surface area contributed by atoms with Crippen LogP contribution in [0.2, 0.25) is 0 Å². The van der Waals surface area contributed by atoms with Crippen molar-refractivity contribution in [3.8, 4) is 0 Å². The summed E-state index contributed by atoms with van der Waals surface area (Å²) in [6.45, 7) is 7.16. The van der Waals surface area contributed by atoms with Gasteiger partial charge in [-0.3, -0.25) is 14.5 Å². The fraction of sp³-hybridized carbons (Fsp3) is 0.619. The smallest absolute Gasteiger partial charge is 0.317 e. The van der Waals surface area contributed by atoms with Crippen molar-refractivity contribution in [2.75, 3.05) is 13.1 Å². The number of rotatable bonds is 8. The van der Waals surface area contributed by atoms with Gasteiger partial charge in [-0.1, -0.05) is 45.0 Å². The normalized spacial score (nSPS) is 27.3. The second-order valence-corrected chi connectivity index (χ2v) is 8.06. The zero-order chi connectivity index (χ0) is 18.8. The number of carbonyl (C=O) groups excluding carboxylic acids is 1. The highest BCUT2D eigenvalue weighted by Gasteiger charge is 2.45. The van der Waals surface area contributed by atoms with Crippen molar-refractivity contribution in [1.29, 1.82) is 0 Å². The van der Waals surface area contributed by atoms with Crippen LogP contribution in [0.1, 0.15) is 63.0 Å². The zero-order valence-corrected chi connectivity index (χ0v) is 15.9. The summed E-state index contributed by atoms with van der Waals surface area (Å²) in [5, 5.41) is 12.1. The first-order valence-electron chi connectivity index (χ1n) is 9.75. The van der Waals surface area contributed by atoms with Crippen molar-refractivity contribution < 1.29 is 14.7 Å². The van der Waals surface area contributed by atoms with Gasteiger partial charge in [0, 0.05) is 18.0 Å². The largest absolute Gasteiger partial charge is 0.480 e. The van der Waals surface area contributed by atoms with Gasteiger partial charge in [-0.25, -0.2) is 0 Å². The van der Waals surface area contributed by atoms with Gasteiger partial charge in [-0.2, -0.15) is 0 Å². The van der Waals surface area contributed by atoms with E-state index in [9.17, 15) is 9.59 Å². The van der Waals surface area contributed by atoms with Crippen LogP contribution < -0.4 is 5.32 Å². The molecule has 3 rings (SSSR count). The van der Waals surface area contributed by atoms with Crippen molar-refractivity contribution >= 4 is 11.9 Å². The van der Waals surface area contributed by atoms with Gasteiger partial charge in [0.05, 0.1) is 6.54 Å². The highest BCUT2D eigenvalue weighted by molar-refractivity contribution is 5.83. The van der Waals surface area contributed by atoms with E-state index in [1.54, 1.807) is 0 Å². The summed E-state index contributed by atoms with van der Waals surface area (Å²) in [5.74, 6) is 0.348. The highest BCUT2D eigenvalue weighted by atomic mass is 16.4. The maximum absolute atomic E-state index is 12.5. The number of carboxylic acid groups (broad SMARTS) is 1. The molecule has 142 valence electrons. The molecule has 1 aromatic carbocycles. The molecule has 2 atom stereocenters. The highest BCUT2D eigenvalue weighted by Crippen LogP contribution is 2.48. The molecule has 0 radical (unpaired) electrons. The summed E-state index contributed by atoms with van der Waals surface area (Å²) in [4.78, 5) is 25.3. The molecule has 2 aliphatic rings. The van der Waals surface area contributed by atoms with Crippen LogP contribution in [0, 0.1) is 5.92 Å². The molecule has 2 unspecified atom stereocenters. The molecule has 2 saturated carbocycles. The zero-order valence-electron chi connectivity index (χ0n) is 15.9. The minimum absolute atomic E-state index is 0.0822. The number of aliphatic carboxylic acids is 1. The Kier molecular flexibility index (Phi) is 5.66. The summed E-state index contributed by atoms with van der Waals surface area (Å²) in [7, 11) is 0. The van der Waals surface area contributed by atoms with Crippen LogP contribution in [-0.4, -0.2) is 47.1 Å². The van der Waals surface area contributed by atoms with Gasteiger partial charge in [-0.05, 0) is 48.8 Å². The van der Waals surface area contributed by atoms with E-state index in [1.165, 1.54) is 11.1 Å². The van der Waals surface area contributed by atoms with Gasteiger partial charge in [0.1, 0.15) is 0 Å². The lowest BCUT2D eigenvalue weighted by Gasteiger charge is -2.42. The molecule has 2 fully saturated rings. The Morgan fingerprint density at radius 3 is 2.38 bits per heavy atom. The van der Waals surface area contributed by atoms with Crippen LogP contribution in [0.25, 0.3) is 0 Å². The standard InChI is InChI=1S/C21H30N2O3/c1-4-23(12-20(24)25)17-9-16(10-17)22-21(26)19-11-18(19)15-7-5-14(6-8-15)13(2)3/h5-8,13,16-19H,4,9-12H2,1-3H3,(H,22,26)(H,24,25). The fourth-order valence-corrected chi connectivity index (χ4v) is 3.97. The Hall–Kier alpha value is -1.88. The van der Waals surface area contributed by atoms with Gasteiger partial charge >= 0.3 is 5.97 Å². The minimum atomic E-state index is -0.788. The molecular formula is C21H30N2O3. The number of benzene rings is 1. The third kappa shape index (κ3) is 4.26. The van der Waals surface area contributed by atoms with Crippen molar-refractivity contribution in [3.05, 3.63) is 35.4 Å². The predicted molar refractivity (Wildman–Crippen MR) is 101 cm³/mol. The number of hydrogen-bond acceptors (Lipinski definition) is 3. The SMILES string of the molecule is CCN(CC(=O)O)C1CC(NC(=O)C2CC2c2ccc(C(C)C)cc2)C1. The Bertz CT molecular complexity index is 650. The first-order chi connectivity index (χ1) is 12.4. The molecule has 0 saturated heterocycles. The lowest BCUT2D eigenvalue weighted by atomic mass is 9.85. The lowest BCUT2D eigenvalue weighted by molar-refractivity contribution is -0.139. The van der Waals surface area contributed by atoms with E-state index in [1.807, 2.05) is 11.8 Å². The summed E-state index contributed by atoms with van der Waals surface area (Å²) in [6.07, 6.45) is 2.64. The molecule has 2 aliphatic carbocycles. The second-order valence-electron chi connectivity index (χ2n) is 8.06. The van der Waals surface area contributed by atoms with Crippen molar-refractivity contribution in [1.82, 2.24) is 10.2 Å². The van der Waals surface area contributed by atoms with Crippen LogP contribution in [-0.2, 0) is 9.59 Å². The van der Waals surface area contributed by atoms with E-state index < -0.39 is 5.97 Å². The van der Waals surface area contributed by atoms with Gasteiger partial charge in [-0.15, -0.1) is 0 Å². The number of carboxylic acids is 1. The van der Waals surface area contributed by atoms with Crippen molar-refractivity contribution in [3.63, 3.8) is 0 Å². The summed E-state index contributed by atoms with van der Waals surface area (Å²) < 4.78 is 0. The van der Waals surface area contributed by atoms with Crippen LogP contribution in [0.3, 0.4) is 0 Å². The van der Waals surface area contributed by atoms with Crippen LogP contribution in [0.15, 0.2) is 24.3 Å². The molecule has 1 aromatic rings. The first kappa shape index (κ1) is 18.9. The predicted octanol–water partition coefficient (Wildman–Crippen LogP) is 2.97. The second kappa shape index (κ2) is 7.78. The summed E-state index contributed by atoms with van der Waals surface area (Å²) in [5.41, 5.74) is 2.59. The number of hydrogen-bond donors (Lipinski definition) is 2. The van der Waals surface area contributed by atoms with E-state index in [2.05, 4.69) is 43.4 Å². The number of amides is 1. The van der Waals surface area contributed by atoms with Gasteiger partial charge in [0.15, 0.2) is 0 Å². The number of nitrogens with one attached hydrogen (secondary N) is 1. The Labute approximate surface area is 155 Å². The molecular weight excluding hydrogens is 328 g/mol. The molecule has 0 heterocycles. The Morgan fingerprint density at radius 2 is 1.85 bits per heavy atom. The average molecular weight is 358 g/mol. The fourth-order valence-electron chi connectivity index (χ4n) is 3.97. The number of likely N-dealkylation sites (N-methyl/N-ethyl adjacent to an activating group) is 1. The van der Waals surface area contributed by atoms with E-state index in [0.29, 0.717) is 11.8 Å². The first-order valence-corrected chi connectivity index (χ1v) is 9.75. The number of carbonyl (C=O) groups is 2. The maximum atomic E-state index is 12.5. The molecule has 0 aromatic heterocycles. The molecule has 0 aliphatic heterocycles. The third-order valence-electron chi connectivity index (χ3n) is 5.88. The molecule has 1 amide bonds. The topological polar surface area (TPSA) is 69.6 Å². The monoisotopic (exact) mass is 358 g/mol. The number of nitrogens with zero attached hydrogens (tertiary/aromatic N) is 1. The average Bonchev–Trinajstić information content (AvgIpc) is 3.36. The van der Waals surface area contributed by atoms with Crippen molar-refractivity contribution in [2.45, 2.75) is 64.0 Å². The molecule has 5 heteroatoms. The minimum Gasteiger partial charge on any atom is -0.480 e. The molecule has 0 bridgehead atoms. The van der Waals surface area contributed by atoms with Crippen molar-refractivity contribution in [2.24, 2.45) is 5.92 Å². The molecule has 5 nitrogen and oxygen atoms in total. The Balaban J connectivity index is 1.44. The van der Waals surface area contributed by atoms with Gasteiger partial charge in [0.2, 0.25) is 5.91 Å². The van der Waals surface area contributed by atoms with Gasteiger partial charge in [0.25, 0.3) is 0 Å². The summed E-state index contributed by atoms with van der Waals surface area (Å²) in [6, 6.07) is 9.15. The maximum Gasteiger partial charge on any atom is 0.317 e. The quantitative estimate of drug-likeness (QED) is 0.750. The van der Waals surface area contributed by atoms with Gasteiger partial charge < -0.3 is 10.4 Å². The lowest BCUT2D eigenvalue weighted by Crippen LogP contribution is -2.55. The third-order valence-corrected chi connectivity index (χ3v) is 5.88.